The van der Waals surface area contributed by atoms with E-state index in [9.17, 15) is 9.59 Å². The largest absolute Gasteiger partial charge is 0.342 e. The van der Waals surface area contributed by atoms with Crippen molar-refractivity contribution in [3.63, 3.8) is 0 Å². The summed E-state index contributed by atoms with van der Waals surface area (Å²) >= 11 is 1.29. The van der Waals surface area contributed by atoms with Crippen molar-refractivity contribution in [3.8, 4) is 0 Å². The number of anilines is 1. The molecule has 178 valence electrons. The molecular weight excluding hydrogens is 458 g/mol. The summed E-state index contributed by atoms with van der Waals surface area (Å²) < 4.78 is 1.86. The monoisotopic (exact) mass is 485 g/mol. The SMILES string of the molecule is C=CCn1c(SCC(=O)Nc2cccc3ccccc23)nnc1[C@@H](C)NC(=O)c1ccc(C)cc1. The molecule has 0 bridgehead atoms. The van der Waals surface area contributed by atoms with E-state index in [2.05, 4.69) is 27.4 Å². The molecule has 0 saturated heterocycles. The molecule has 0 spiro atoms. The molecule has 0 aliphatic heterocycles. The van der Waals surface area contributed by atoms with Crippen LogP contribution < -0.4 is 10.6 Å². The van der Waals surface area contributed by atoms with Crippen molar-refractivity contribution in [1.82, 2.24) is 20.1 Å². The Morgan fingerprint density at radius 1 is 1.06 bits per heavy atom. The number of allylic oxidation sites excluding steroid dienone is 1. The highest BCUT2D eigenvalue weighted by molar-refractivity contribution is 7.99. The first-order valence-electron chi connectivity index (χ1n) is 11.3. The minimum atomic E-state index is -0.380. The minimum Gasteiger partial charge on any atom is -0.342 e. The van der Waals surface area contributed by atoms with Crippen LogP contribution in [-0.2, 0) is 11.3 Å². The number of aryl methyl sites for hydroxylation is 1. The lowest BCUT2D eigenvalue weighted by Crippen LogP contribution is -2.28. The van der Waals surface area contributed by atoms with Crippen LogP contribution in [0.5, 0.6) is 0 Å². The van der Waals surface area contributed by atoms with E-state index < -0.39 is 0 Å². The maximum atomic E-state index is 12.7. The van der Waals surface area contributed by atoms with Gasteiger partial charge in [-0.25, -0.2) is 0 Å². The third kappa shape index (κ3) is 5.78. The van der Waals surface area contributed by atoms with E-state index in [1.165, 1.54) is 11.8 Å². The van der Waals surface area contributed by atoms with E-state index in [1.54, 1.807) is 18.2 Å². The molecule has 3 aromatic carbocycles. The van der Waals surface area contributed by atoms with Crippen molar-refractivity contribution in [2.24, 2.45) is 0 Å². The number of nitrogens with one attached hydrogen (secondary N) is 2. The third-order valence-corrected chi connectivity index (χ3v) is 6.47. The van der Waals surface area contributed by atoms with Gasteiger partial charge in [0.2, 0.25) is 5.91 Å². The quantitative estimate of drug-likeness (QED) is 0.253. The Morgan fingerprint density at radius 2 is 1.80 bits per heavy atom. The van der Waals surface area contributed by atoms with E-state index in [1.807, 2.05) is 73.0 Å². The number of fused-ring (bicyclic) bond motifs is 1. The Morgan fingerprint density at radius 3 is 2.57 bits per heavy atom. The first-order valence-corrected chi connectivity index (χ1v) is 12.3. The van der Waals surface area contributed by atoms with Gasteiger partial charge in [0.05, 0.1) is 11.8 Å². The molecule has 8 heteroatoms. The highest BCUT2D eigenvalue weighted by Gasteiger charge is 2.20. The van der Waals surface area contributed by atoms with Crippen LogP contribution in [0.25, 0.3) is 10.8 Å². The van der Waals surface area contributed by atoms with Crippen molar-refractivity contribution in [2.45, 2.75) is 31.6 Å². The van der Waals surface area contributed by atoms with Crippen LogP contribution in [0.4, 0.5) is 5.69 Å². The van der Waals surface area contributed by atoms with Crippen LogP contribution >= 0.6 is 11.8 Å². The van der Waals surface area contributed by atoms with Crippen LogP contribution in [-0.4, -0.2) is 32.3 Å². The molecule has 2 N–H and O–H groups in total. The van der Waals surface area contributed by atoms with Crippen molar-refractivity contribution < 1.29 is 9.59 Å². The second-order valence-corrected chi connectivity index (χ2v) is 9.11. The average Bonchev–Trinajstić information content (AvgIpc) is 3.26. The number of aromatic nitrogens is 3. The van der Waals surface area contributed by atoms with Gasteiger partial charge in [-0.05, 0) is 37.4 Å². The summed E-state index contributed by atoms with van der Waals surface area (Å²) in [5.41, 5.74) is 2.44. The first kappa shape index (κ1) is 24.2. The van der Waals surface area contributed by atoms with Gasteiger partial charge in [0, 0.05) is 23.2 Å². The Hall–Kier alpha value is -3.91. The summed E-state index contributed by atoms with van der Waals surface area (Å²) in [6, 6.07) is 20.7. The molecule has 0 aliphatic carbocycles. The molecule has 0 fully saturated rings. The summed E-state index contributed by atoms with van der Waals surface area (Å²) in [7, 11) is 0. The van der Waals surface area contributed by atoms with E-state index in [0.717, 1.165) is 22.0 Å². The Kier molecular flexibility index (Phi) is 7.62. The standard InChI is InChI=1S/C27H27N5O2S/c1-4-16-32-25(19(3)28-26(34)21-14-12-18(2)13-15-21)30-31-27(32)35-17-24(33)29-23-11-7-9-20-8-5-6-10-22(20)23/h4-15,19H,1,16-17H2,2-3H3,(H,28,34)(H,29,33)/t19-/m1/s1. The average molecular weight is 486 g/mol. The molecule has 4 rings (SSSR count). The van der Waals surface area contributed by atoms with Crippen LogP contribution in [0.15, 0.2) is 84.5 Å². The number of nitrogens with zero attached hydrogens (tertiary/aromatic N) is 3. The number of benzene rings is 3. The molecule has 35 heavy (non-hydrogen) atoms. The van der Waals surface area contributed by atoms with Crippen molar-refractivity contribution in [3.05, 3.63) is 96.3 Å². The molecule has 1 aromatic heterocycles. The molecule has 0 saturated carbocycles. The molecular formula is C27H27N5O2S. The molecule has 0 radical (unpaired) electrons. The fraction of sp³-hybridized carbons (Fsp3) is 0.185. The number of rotatable bonds is 9. The first-order chi connectivity index (χ1) is 17.0. The van der Waals surface area contributed by atoms with Gasteiger partial charge < -0.3 is 15.2 Å². The van der Waals surface area contributed by atoms with Crippen LogP contribution in [0.2, 0.25) is 0 Å². The topological polar surface area (TPSA) is 88.9 Å². The third-order valence-electron chi connectivity index (χ3n) is 5.50. The van der Waals surface area contributed by atoms with E-state index >= 15 is 0 Å². The summed E-state index contributed by atoms with van der Waals surface area (Å²) in [4.78, 5) is 25.3. The lowest BCUT2D eigenvalue weighted by Gasteiger charge is -2.15. The highest BCUT2D eigenvalue weighted by atomic mass is 32.2. The second-order valence-electron chi connectivity index (χ2n) is 8.16. The van der Waals surface area contributed by atoms with Crippen molar-refractivity contribution >= 4 is 40.0 Å². The van der Waals surface area contributed by atoms with Crippen LogP contribution in [0.1, 0.15) is 34.7 Å². The van der Waals surface area contributed by atoms with Gasteiger partial charge >= 0.3 is 0 Å². The van der Waals surface area contributed by atoms with Gasteiger partial charge in [-0.15, -0.1) is 16.8 Å². The predicted octanol–water partition coefficient (Wildman–Crippen LogP) is 5.15. The number of amides is 2. The maximum absolute atomic E-state index is 12.7. The van der Waals surface area contributed by atoms with E-state index in [-0.39, 0.29) is 23.6 Å². The highest BCUT2D eigenvalue weighted by Crippen LogP contribution is 2.25. The predicted molar refractivity (Wildman–Crippen MR) is 141 cm³/mol. The zero-order valence-electron chi connectivity index (χ0n) is 19.7. The molecule has 7 nitrogen and oxygen atoms in total. The minimum absolute atomic E-state index is 0.137. The zero-order chi connectivity index (χ0) is 24.8. The Bertz CT molecular complexity index is 1360. The smallest absolute Gasteiger partial charge is 0.251 e. The van der Waals surface area contributed by atoms with Gasteiger partial charge in [0.15, 0.2) is 11.0 Å². The normalized spacial score (nSPS) is 11.7. The molecule has 0 aliphatic rings. The number of carbonyl (C=O) groups excluding carboxylic acids is 2. The summed E-state index contributed by atoms with van der Waals surface area (Å²) in [5, 5.41) is 17.2. The van der Waals surface area contributed by atoms with Gasteiger partial charge in [-0.1, -0.05) is 71.9 Å². The Labute approximate surface area is 208 Å². The molecule has 2 amide bonds. The van der Waals surface area contributed by atoms with E-state index in [0.29, 0.717) is 23.1 Å². The lowest BCUT2D eigenvalue weighted by molar-refractivity contribution is -0.113. The molecule has 4 aromatic rings. The fourth-order valence-corrected chi connectivity index (χ4v) is 4.48. The van der Waals surface area contributed by atoms with Gasteiger partial charge in [-0.2, -0.15) is 0 Å². The lowest BCUT2D eigenvalue weighted by atomic mass is 10.1. The van der Waals surface area contributed by atoms with Crippen LogP contribution in [0.3, 0.4) is 0 Å². The number of carbonyl (C=O) groups is 2. The van der Waals surface area contributed by atoms with Crippen LogP contribution in [0, 0.1) is 6.92 Å². The van der Waals surface area contributed by atoms with E-state index in [4.69, 9.17) is 0 Å². The summed E-state index contributed by atoms with van der Waals surface area (Å²) in [5.74, 6) is 0.446. The Balaban J connectivity index is 1.43. The molecule has 0 unspecified atom stereocenters. The van der Waals surface area contributed by atoms with Gasteiger partial charge in [0.25, 0.3) is 5.91 Å². The van der Waals surface area contributed by atoms with Crippen molar-refractivity contribution in [2.75, 3.05) is 11.1 Å². The summed E-state index contributed by atoms with van der Waals surface area (Å²) in [6.45, 7) is 8.11. The van der Waals surface area contributed by atoms with Gasteiger partial charge in [-0.3, -0.25) is 9.59 Å². The van der Waals surface area contributed by atoms with Crippen molar-refractivity contribution in [1.29, 1.82) is 0 Å². The zero-order valence-corrected chi connectivity index (χ0v) is 20.5. The van der Waals surface area contributed by atoms with Gasteiger partial charge in [0.1, 0.15) is 0 Å². The number of thioether (sulfide) groups is 1. The maximum Gasteiger partial charge on any atom is 0.251 e. The number of hydrogen-bond acceptors (Lipinski definition) is 5. The molecule has 1 atom stereocenters. The second kappa shape index (κ2) is 11.0. The fourth-order valence-electron chi connectivity index (χ4n) is 3.73. The molecule has 1 heterocycles. The summed E-state index contributed by atoms with van der Waals surface area (Å²) in [6.07, 6.45) is 1.74. The number of hydrogen-bond donors (Lipinski definition) is 2.